The van der Waals surface area contributed by atoms with Gasteiger partial charge in [-0.3, -0.25) is 5.43 Å². The number of hydrogen-bond donors (Lipinski definition) is 2. The molecule has 0 atom stereocenters. The summed E-state index contributed by atoms with van der Waals surface area (Å²) in [6, 6.07) is 10.1. The normalized spacial score (nSPS) is 9.44. The lowest BCUT2D eigenvalue weighted by Crippen LogP contribution is -2.89. The smallest absolute Gasteiger partial charge is 0.118 e. The first-order valence-corrected chi connectivity index (χ1v) is 3.01. The van der Waals surface area contributed by atoms with Gasteiger partial charge in [-0.15, -0.1) is 0 Å². The van der Waals surface area contributed by atoms with E-state index in [-0.39, 0.29) is 0 Å². The lowest BCUT2D eigenvalue weighted by Gasteiger charge is -1.92. The second-order valence-electron chi connectivity index (χ2n) is 1.93. The fraction of sp³-hybridized carbons (Fsp3) is 0.143. The summed E-state index contributed by atoms with van der Waals surface area (Å²) in [7, 11) is 0. The highest BCUT2D eigenvalue weighted by Crippen LogP contribution is 1.93. The predicted molar refractivity (Wildman–Crippen MR) is 36.3 cm³/mol. The quantitative estimate of drug-likeness (QED) is 0.408. The first kappa shape index (κ1) is 6.26. The van der Waals surface area contributed by atoms with Gasteiger partial charge in [0.05, 0.1) is 0 Å². The summed E-state index contributed by atoms with van der Waals surface area (Å²) < 4.78 is 0. The van der Waals surface area contributed by atoms with Crippen LogP contribution in [-0.4, -0.2) is 0 Å². The Morgan fingerprint density at radius 2 is 1.89 bits per heavy atom. The summed E-state index contributed by atoms with van der Waals surface area (Å²) >= 11 is 0. The highest BCUT2D eigenvalue weighted by atomic mass is 15.2. The Bertz CT molecular complexity index is 160. The molecule has 1 rings (SSSR count). The second kappa shape index (κ2) is 3.22. The van der Waals surface area contributed by atoms with Crippen LogP contribution in [0.2, 0.25) is 0 Å². The van der Waals surface area contributed by atoms with Gasteiger partial charge in [0, 0.05) is 5.56 Å². The van der Waals surface area contributed by atoms with Crippen LogP contribution >= 0.6 is 0 Å². The highest BCUT2D eigenvalue weighted by molar-refractivity contribution is 5.12. The maximum atomic E-state index is 5.24. The zero-order valence-corrected chi connectivity index (χ0v) is 5.25. The van der Waals surface area contributed by atoms with E-state index in [1.54, 1.807) is 5.43 Å². The molecular weight excluding hydrogens is 112 g/mol. The van der Waals surface area contributed by atoms with Crippen LogP contribution in [-0.2, 0) is 6.54 Å². The molecular formula is C7H11N2+. The average Bonchev–Trinajstić information content (AvgIpc) is 1.91. The lowest BCUT2D eigenvalue weighted by molar-refractivity contribution is -0.683. The standard InChI is InChI=1S/C7H10N2/c8-9-6-7-4-2-1-3-5-7/h1-5,9H,6,8H2/p+1. The topological polar surface area (TPSA) is 42.6 Å². The van der Waals surface area contributed by atoms with Gasteiger partial charge in [-0.25, -0.2) is 0 Å². The van der Waals surface area contributed by atoms with E-state index in [1.807, 2.05) is 18.2 Å². The monoisotopic (exact) mass is 123 g/mol. The van der Waals surface area contributed by atoms with Crippen LogP contribution in [0.1, 0.15) is 5.56 Å². The third-order valence-electron chi connectivity index (χ3n) is 1.20. The van der Waals surface area contributed by atoms with Crippen LogP contribution in [0.15, 0.2) is 30.3 Å². The van der Waals surface area contributed by atoms with Crippen LogP contribution in [0.5, 0.6) is 0 Å². The Morgan fingerprint density at radius 1 is 1.22 bits per heavy atom. The van der Waals surface area contributed by atoms with Crippen molar-refractivity contribution in [1.82, 2.24) is 0 Å². The van der Waals surface area contributed by atoms with Gasteiger partial charge in [-0.2, -0.15) is 5.84 Å². The van der Waals surface area contributed by atoms with E-state index < -0.39 is 0 Å². The molecule has 2 nitrogen and oxygen atoms in total. The first-order chi connectivity index (χ1) is 4.43. The van der Waals surface area contributed by atoms with Crippen molar-refractivity contribution >= 4 is 0 Å². The molecule has 9 heavy (non-hydrogen) atoms. The van der Waals surface area contributed by atoms with Crippen LogP contribution in [0.25, 0.3) is 0 Å². The molecule has 0 fully saturated rings. The summed E-state index contributed by atoms with van der Waals surface area (Å²) in [6.07, 6.45) is 0. The SMILES string of the molecule is N[NH2+]Cc1ccccc1. The molecule has 1 aromatic carbocycles. The summed E-state index contributed by atoms with van der Waals surface area (Å²) in [5.74, 6) is 5.24. The maximum Gasteiger partial charge on any atom is 0.118 e. The van der Waals surface area contributed by atoms with Crippen molar-refractivity contribution < 1.29 is 5.43 Å². The van der Waals surface area contributed by atoms with Gasteiger partial charge in [-0.05, 0) is 0 Å². The molecule has 0 radical (unpaired) electrons. The Morgan fingerprint density at radius 3 is 2.44 bits per heavy atom. The molecule has 0 spiro atoms. The molecule has 0 aliphatic rings. The van der Waals surface area contributed by atoms with Crippen LogP contribution in [0.3, 0.4) is 0 Å². The summed E-state index contributed by atoms with van der Waals surface area (Å²) in [5, 5.41) is 0. The fourth-order valence-electron chi connectivity index (χ4n) is 0.750. The van der Waals surface area contributed by atoms with Gasteiger partial charge in [-0.1, -0.05) is 30.3 Å². The van der Waals surface area contributed by atoms with E-state index in [2.05, 4.69) is 12.1 Å². The zero-order valence-electron chi connectivity index (χ0n) is 5.25. The van der Waals surface area contributed by atoms with Crippen molar-refractivity contribution in [2.24, 2.45) is 5.84 Å². The molecule has 0 aliphatic heterocycles. The third kappa shape index (κ3) is 1.83. The molecule has 0 heterocycles. The van der Waals surface area contributed by atoms with Crippen LogP contribution in [0.4, 0.5) is 0 Å². The van der Waals surface area contributed by atoms with E-state index in [0.717, 1.165) is 6.54 Å². The van der Waals surface area contributed by atoms with Crippen molar-refractivity contribution in [3.8, 4) is 0 Å². The Hall–Kier alpha value is -0.860. The molecule has 0 amide bonds. The molecule has 0 bridgehead atoms. The molecule has 48 valence electrons. The molecule has 0 saturated heterocycles. The van der Waals surface area contributed by atoms with E-state index >= 15 is 0 Å². The van der Waals surface area contributed by atoms with E-state index in [1.165, 1.54) is 5.56 Å². The summed E-state index contributed by atoms with van der Waals surface area (Å²) in [4.78, 5) is 0. The second-order valence-corrected chi connectivity index (χ2v) is 1.93. The van der Waals surface area contributed by atoms with Gasteiger partial charge in [0.25, 0.3) is 0 Å². The first-order valence-electron chi connectivity index (χ1n) is 3.01. The van der Waals surface area contributed by atoms with Gasteiger partial charge in [0.2, 0.25) is 0 Å². The summed E-state index contributed by atoms with van der Waals surface area (Å²) in [5.41, 5.74) is 2.93. The predicted octanol–water partition coefficient (Wildman–Crippen LogP) is -0.376. The van der Waals surface area contributed by atoms with E-state index in [9.17, 15) is 0 Å². The van der Waals surface area contributed by atoms with Crippen molar-refractivity contribution in [2.45, 2.75) is 6.54 Å². The molecule has 4 N–H and O–H groups in total. The van der Waals surface area contributed by atoms with E-state index in [4.69, 9.17) is 5.84 Å². The number of hydrogen-bond acceptors (Lipinski definition) is 1. The van der Waals surface area contributed by atoms with Gasteiger partial charge >= 0.3 is 0 Å². The molecule has 0 aliphatic carbocycles. The van der Waals surface area contributed by atoms with Crippen LogP contribution in [0, 0.1) is 0 Å². The Balaban J connectivity index is 2.61. The maximum absolute atomic E-state index is 5.24. The number of quaternary nitrogens is 1. The molecule has 1 aromatic rings. The minimum atomic E-state index is 0.862. The van der Waals surface area contributed by atoms with Crippen molar-refractivity contribution in [3.05, 3.63) is 35.9 Å². The highest BCUT2D eigenvalue weighted by Gasteiger charge is 1.87. The Kier molecular flexibility index (Phi) is 2.24. The average molecular weight is 123 g/mol. The van der Waals surface area contributed by atoms with Gasteiger partial charge in [0.1, 0.15) is 6.54 Å². The van der Waals surface area contributed by atoms with Crippen LogP contribution < -0.4 is 11.3 Å². The van der Waals surface area contributed by atoms with Gasteiger partial charge < -0.3 is 0 Å². The van der Waals surface area contributed by atoms with Gasteiger partial charge in [0.15, 0.2) is 0 Å². The molecule has 2 heteroatoms. The van der Waals surface area contributed by atoms with Crippen molar-refractivity contribution in [3.63, 3.8) is 0 Å². The van der Waals surface area contributed by atoms with Crippen molar-refractivity contribution in [1.29, 1.82) is 0 Å². The lowest BCUT2D eigenvalue weighted by atomic mass is 10.2. The Labute approximate surface area is 54.7 Å². The molecule has 0 saturated carbocycles. The molecule has 0 aromatic heterocycles. The minimum Gasteiger partial charge on any atom is -0.268 e. The summed E-state index contributed by atoms with van der Waals surface area (Å²) in [6.45, 7) is 0.862. The fourth-order valence-corrected chi connectivity index (χ4v) is 0.750. The molecule has 0 unspecified atom stereocenters. The number of nitrogens with two attached hydrogens (primary N) is 2. The van der Waals surface area contributed by atoms with Crippen molar-refractivity contribution in [2.75, 3.05) is 0 Å². The zero-order chi connectivity index (χ0) is 6.53. The minimum absolute atomic E-state index is 0.862. The number of rotatable bonds is 2. The largest absolute Gasteiger partial charge is 0.268 e. The third-order valence-corrected chi connectivity index (χ3v) is 1.20. The van der Waals surface area contributed by atoms with E-state index in [0.29, 0.717) is 0 Å². The number of benzene rings is 1.